The van der Waals surface area contributed by atoms with Gasteiger partial charge in [-0.05, 0) is 23.8 Å². The van der Waals surface area contributed by atoms with Crippen LogP contribution in [0.5, 0.6) is 0 Å². The smallest absolute Gasteiger partial charge is 0.142 e. The van der Waals surface area contributed by atoms with Crippen molar-refractivity contribution in [3.05, 3.63) is 40.4 Å². The van der Waals surface area contributed by atoms with Crippen LogP contribution >= 0.6 is 11.6 Å². The Morgan fingerprint density at radius 3 is 2.77 bits per heavy atom. The zero-order valence-electron chi connectivity index (χ0n) is 6.70. The van der Waals surface area contributed by atoms with Crippen LogP contribution in [0.1, 0.15) is 11.1 Å². The molecule has 0 amide bonds. The molecule has 13 heavy (non-hydrogen) atoms. The second-order valence-corrected chi connectivity index (χ2v) is 2.75. The van der Waals surface area contributed by atoms with Crippen LogP contribution in [-0.4, -0.2) is 6.29 Å². The Morgan fingerprint density at radius 2 is 2.23 bits per heavy atom. The van der Waals surface area contributed by atoms with E-state index in [-0.39, 0.29) is 0 Å². The monoisotopic (exact) mass is 191 g/mol. The van der Waals surface area contributed by atoms with Gasteiger partial charge < -0.3 is 0 Å². The van der Waals surface area contributed by atoms with Gasteiger partial charge in [-0.2, -0.15) is 5.26 Å². The summed E-state index contributed by atoms with van der Waals surface area (Å²) < 4.78 is 0. The molecule has 1 rings (SSSR count). The van der Waals surface area contributed by atoms with Gasteiger partial charge in [-0.25, -0.2) is 0 Å². The summed E-state index contributed by atoms with van der Waals surface area (Å²) in [6.07, 6.45) is 3.68. The lowest BCUT2D eigenvalue weighted by Crippen LogP contribution is -1.78. The summed E-state index contributed by atoms with van der Waals surface area (Å²) in [6, 6.07) is 6.94. The van der Waals surface area contributed by atoms with Crippen LogP contribution in [0, 0.1) is 11.3 Å². The summed E-state index contributed by atoms with van der Waals surface area (Å²) in [5, 5.41) is 8.98. The normalized spacial score (nSPS) is 9.85. The number of nitriles is 1. The van der Waals surface area contributed by atoms with Crippen LogP contribution in [-0.2, 0) is 4.79 Å². The van der Waals surface area contributed by atoms with Gasteiger partial charge in [-0.3, -0.25) is 4.79 Å². The highest BCUT2D eigenvalue weighted by Crippen LogP contribution is 2.17. The molecule has 0 atom stereocenters. The van der Waals surface area contributed by atoms with Gasteiger partial charge in [0, 0.05) is 0 Å². The van der Waals surface area contributed by atoms with Crippen molar-refractivity contribution in [1.82, 2.24) is 0 Å². The Kier molecular flexibility index (Phi) is 3.24. The van der Waals surface area contributed by atoms with Crippen LogP contribution in [0.25, 0.3) is 6.08 Å². The molecular formula is C10H6ClNO. The minimum Gasteiger partial charge on any atom is -0.299 e. The zero-order valence-corrected chi connectivity index (χ0v) is 7.45. The van der Waals surface area contributed by atoms with Crippen molar-refractivity contribution in [2.24, 2.45) is 0 Å². The zero-order chi connectivity index (χ0) is 9.68. The first-order chi connectivity index (χ1) is 6.27. The van der Waals surface area contributed by atoms with E-state index >= 15 is 0 Å². The summed E-state index contributed by atoms with van der Waals surface area (Å²) in [7, 11) is 0. The van der Waals surface area contributed by atoms with E-state index in [1.165, 1.54) is 6.08 Å². The van der Waals surface area contributed by atoms with Gasteiger partial charge >= 0.3 is 0 Å². The van der Waals surface area contributed by atoms with Crippen molar-refractivity contribution >= 4 is 24.0 Å². The number of carbonyl (C=O) groups excluding carboxylic acids is 1. The van der Waals surface area contributed by atoms with Crippen LogP contribution in [0.4, 0.5) is 0 Å². The van der Waals surface area contributed by atoms with E-state index in [4.69, 9.17) is 16.9 Å². The highest BCUT2D eigenvalue weighted by Gasteiger charge is 1.97. The predicted molar refractivity (Wildman–Crippen MR) is 51.3 cm³/mol. The van der Waals surface area contributed by atoms with Gasteiger partial charge in [0.1, 0.15) is 12.4 Å². The van der Waals surface area contributed by atoms with Crippen LogP contribution in [0.15, 0.2) is 24.3 Å². The van der Waals surface area contributed by atoms with Crippen LogP contribution in [0.3, 0.4) is 0 Å². The maximum Gasteiger partial charge on any atom is 0.142 e. The van der Waals surface area contributed by atoms with Crippen molar-refractivity contribution in [2.45, 2.75) is 0 Å². The van der Waals surface area contributed by atoms with Gasteiger partial charge in [0.2, 0.25) is 0 Å². The number of rotatable bonds is 2. The van der Waals surface area contributed by atoms with E-state index in [9.17, 15) is 4.79 Å². The SMILES string of the molecule is N#Cc1ccc(C=CC=O)cc1Cl. The number of hydrogen-bond acceptors (Lipinski definition) is 2. The van der Waals surface area contributed by atoms with Gasteiger partial charge in [0.15, 0.2) is 0 Å². The van der Waals surface area contributed by atoms with Crippen molar-refractivity contribution in [2.75, 3.05) is 0 Å². The summed E-state index contributed by atoms with van der Waals surface area (Å²) in [5.74, 6) is 0. The van der Waals surface area contributed by atoms with Gasteiger partial charge in [-0.15, -0.1) is 0 Å². The number of benzene rings is 1. The summed E-state index contributed by atoms with van der Waals surface area (Å²) in [4.78, 5) is 10.0. The lowest BCUT2D eigenvalue weighted by molar-refractivity contribution is -0.104. The van der Waals surface area contributed by atoms with E-state index in [1.54, 1.807) is 24.3 Å². The molecule has 0 heterocycles. The molecule has 1 aromatic carbocycles. The minimum absolute atomic E-state index is 0.399. The Bertz CT molecular complexity index is 390. The molecule has 0 N–H and O–H groups in total. The fourth-order valence-corrected chi connectivity index (χ4v) is 1.11. The summed E-state index contributed by atoms with van der Waals surface area (Å²) >= 11 is 5.76. The largest absolute Gasteiger partial charge is 0.299 e. The van der Waals surface area contributed by atoms with E-state index in [0.717, 1.165) is 5.56 Å². The van der Waals surface area contributed by atoms with E-state index < -0.39 is 0 Å². The maximum atomic E-state index is 10.0. The average molecular weight is 192 g/mol. The molecule has 0 saturated heterocycles. The Labute approximate surface area is 81.1 Å². The fraction of sp³-hybridized carbons (Fsp3) is 0. The molecule has 0 saturated carbocycles. The molecule has 3 heteroatoms. The standard InChI is InChI=1S/C10H6ClNO/c11-10-6-8(2-1-5-13)3-4-9(10)7-12/h1-6H. The second-order valence-electron chi connectivity index (χ2n) is 2.35. The van der Waals surface area contributed by atoms with E-state index in [1.807, 2.05) is 6.07 Å². The molecule has 0 aliphatic carbocycles. The molecule has 0 bridgehead atoms. The number of nitrogens with zero attached hydrogens (tertiary/aromatic N) is 1. The first-order valence-electron chi connectivity index (χ1n) is 3.59. The average Bonchev–Trinajstić information content (AvgIpc) is 2.15. The Hall–Kier alpha value is -1.59. The van der Waals surface area contributed by atoms with E-state index in [2.05, 4.69) is 0 Å². The molecular weight excluding hydrogens is 186 g/mol. The topological polar surface area (TPSA) is 40.9 Å². The number of halogens is 1. The van der Waals surface area contributed by atoms with Crippen molar-refractivity contribution in [1.29, 1.82) is 5.26 Å². The van der Waals surface area contributed by atoms with Gasteiger partial charge in [0.05, 0.1) is 10.6 Å². The maximum absolute atomic E-state index is 10.0. The molecule has 2 nitrogen and oxygen atoms in total. The third-order valence-corrected chi connectivity index (χ3v) is 1.79. The number of hydrogen-bond donors (Lipinski definition) is 0. The van der Waals surface area contributed by atoms with Crippen LogP contribution < -0.4 is 0 Å². The summed E-state index contributed by atoms with van der Waals surface area (Å²) in [5.41, 5.74) is 1.24. The van der Waals surface area contributed by atoms with Gasteiger partial charge in [-0.1, -0.05) is 23.7 Å². The highest BCUT2D eigenvalue weighted by molar-refractivity contribution is 6.31. The van der Waals surface area contributed by atoms with Crippen LogP contribution in [0.2, 0.25) is 5.02 Å². The molecule has 0 fully saturated rings. The van der Waals surface area contributed by atoms with Gasteiger partial charge in [0.25, 0.3) is 0 Å². The van der Waals surface area contributed by atoms with Crippen molar-refractivity contribution in [3.63, 3.8) is 0 Å². The molecule has 0 spiro atoms. The molecule has 0 aliphatic rings. The van der Waals surface area contributed by atoms with Crippen molar-refractivity contribution in [3.8, 4) is 6.07 Å². The molecule has 64 valence electrons. The number of aldehydes is 1. The number of allylic oxidation sites excluding steroid dienone is 1. The molecule has 0 aromatic heterocycles. The third-order valence-electron chi connectivity index (χ3n) is 1.48. The lowest BCUT2D eigenvalue weighted by atomic mass is 10.1. The minimum atomic E-state index is 0.399. The number of carbonyl (C=O) groups is 1. The first kappa shape index (κ1) is 9.50. The van der Waals surface area contributed by atoms with Crippen molar-refractivity contribution < 1.29 is 4.79 Å². The fourth-order valence-electron chi connectivity index (χ4n) is 0.876. The Balaban J connectivity index is 3.04. The first-order valence-corrected chi connectivity index (χ1v) is 3.97. The third kappa shape index (κ3) is 2.43. The quantitative estimate of drug-likeness (QED) is 0.532. The Morgan fingerprint density at radius 1 is 1.46 bits per heavy atom. The predicted octanol–water partition coefficient (Wildman–Crippen LogP) is 2.42. The molecule has 1 aromatic rings. The highest BCUT2D eigenvalue weighted by atomic mass is 35.5. The molecule has 0 unspecified atom stereocenters. The molecule has 0 radical (unpaired) electrons. The second kappa shape index (κ2) is 4.44. The summed E-state index contributed by atoms with van der Waals surface area (Å²) in [6.45, 7) is 0. The van der Waals surface area contributed by atoms with E-state index in [0.29, 0.717) is 16.9 Å². The molecule has 0 aliphatic heterocycles. The lowest BCUT2D eigenvalue weighted by Gasteiger charge is -1.95.